The third-order valence-electron chi connectivity index (χ3n) is 4.81. The van der Waals surface area contributed by atoms with E-state index >= 15 is 0 Å². The first-order valence-electron chi connectivity index (χ1n) is 8.38. The van der Waals surface area contributed by atoms with E-state index in [0.717, 1.165) is 32.1 Å². The highest BCUT2D eigenvalue weighted by Gasteiger charge is 2.36. The second-order valence-electron chi connectivity index (χ2n) is 6.56. The van der Waals surface area contributed by atoms with Gasteiger partial charge in [-0.15, -0.1) is 0 Å². The third kappa shape index (κ3) is 5.06. The van der Waals surface area contributed by atoms with E-state index in [-0.39, 0.29) is 11.9 Å². The van der Waals surface area contributed by atoms with Crippen LogP contribution in [0.1, 0.15) is 44.1 Å². The van der Waals surface area contributed by atoms with Crippen LogP contribution < -0.4 is 0 Å². The molecule has 0 bridgehead atoms. The number of carbonyl (C=O) groups excluding carboxylic acids is 1. The van der Waals surface area contributed by atoms with Gasteiger partial charge in [0.15, 0.2) is 9.84 Å². The normalized spacial score (nSPS) is 21.8. The molecule has 0 N–H and O–H groups in total. The van der Waals surface area contributed by atoms with E-state index in [4.69, 9.17) is 0 Å². The van der Waals surface area contributed by atoms with Gasteiger partial charge >= 0.3 is 0 Å². The van der Waals surface area contributed by atoms with Crippen molar-refractivity contribution in [2.24, 2.45) is 0 Å². The molecule has 128 valence electrons. The number of rotatable bonds is 6. The molecule has 0 spiro atoms. The number of aryl methyl sites for hydroxylation is 1. The highest BCUT2D eigenvalue weighted by atomic mass is 32.2. The van der Waals surface area contributed by atoms with Crippen LogP contribution in [0.15, 0.2) is 30.3 Å². The monoisotopic (exact) mass is 337 g/mol. The smallest absolute Gasteiger partial charge is 0.222 e. The van der Waals surface area contributed by atoms with Gasteiger partial charge in [0, 0.05) is 25.8 Å². The molecule has 1 aromatic rings. The average molecular weight is 337 g/mol. The molecule has 0 unspecified atom stereocenters. The summed E-state index contributed by atoms with van der Waals surface area (Å²) in [5, 5.41) is -0.403. The minimum absolute atomic E-state index is 0.0569. The van der Waals surface area contributed by atoms with Crippen molar-refractivity contribution in [1.82, 2.24) is 4.90 Å². The van der Waals surface area contributed by atoms with Gasteiger partial charge in [0.05, 0.1) is 5.25 Å². The van der Waals surface area contributed by atoms with E-state index in [9.17, 15) is 13.2 Å². The van der Waals surface area contributed by atoms with E-state index in [0.29, 0.717) is 12.8 Å². The van der Waals surface area contributed by atoms with Crippen LogP contribution in [0, 0.1) is 0 Å². The molecule has 0 heterocycles. The molecule has 1 saturated carbocycles. The van der Waals surface area contributed by atoms with E-state index in [2.05, 4.69) is 12.1 Å². The van der Waals surface area contributed by atoms with Gasteiger partial charge in [-0.1, -0.05) is 43.2 Å². The van der Waals surface area contributed by atoms with Crippen molar-refractivity contribution in [3.05, 3.63) is 35.9 Å². The van der Waals surface area contributed by atoms with Crippen molar-refractivity contribution in [3.63, 3.8) is 0 Å². The fourth-order valence-electron chi connectivity index (χ4n) is 3.47. The van der Waals surface area contributed by atoms with Gasteiger partial charge in [-0.3, -0.25) is 4.79 Å². The molecule has 0 radical (unpaired) electrons. The standard InChI is InChI=1S/C18H27NO3S/c1-19(16-12-6-7-13-17(16)23(2,21)22)18(20)14-8-11-15-9-4-3-5-10-15/h3-5,9-10,16-17H,6-8,11-14H2,1-2H3/t16-,17-/m1/s1. The van der Waals surface area contributed by atoms with Crippen molar-refractivity contribution < 1.29 is 13.2 Å². The summed E-state index contributed by atoms with van der Waals surface area (Å²) >= 11 is 0. The number of hydrogen-bond donors (Lipinski definition) is 0. The van der Waals surface area contributed by atoms with Crippen molar-refractivity contribution in [2.45, 2.75) is 56.2 Å². The lowest BCUT2D eigenvalue weighted by molar-refractivity contribution is -0.132. The van der Waals surface area contributed by atoms with Gasteiger partial charge in [0.2, 0.25) is 5.91 Å². The van der Waals surface area contributed by atoms with Gasteiger partial charge in [0.1, 0.15) is 0 Å². The molecule has 2 rings (SSSR count). The van der Waals surface area contributed by atoms with Gasteiger partial charge in [-0.2, -0.15) is 0 Å². The Morgan fingerprint density at radius 3 is 2.48 bits per heavy atom. The Morgan fingerprint density at radius 1 is 1.17 bits per heavy atom. The van der Waals surface area contributed by atoms with Gasteiger partial charge < -0.3 is 4.90 Å². The van der Waals surface area contributed by atoms with Crippen LogP contribution in [-0.2, 0) is 21.1 Å². The summed E-state index contributed by atoms with van der Waals surface area (Å²) in [5.74, 6) is 0.0569. The molecular weight excluding hydrogens is 310 g/mol. The largest absolute Gasteiger partial charge is 0.341 e. The highest BCUT2D eigenvalue weighted by molar-refractivity contribution is 7.91. The second kappa shape index (κ2) is 7.95. The van der Waals surface area contributed by atoms with Crippen molar-refractivity contribution in [1.29, 1.82) is 0 Å². The Labute approximate surface area is 139 Å². The fraction of sp³-hybridized carbons (Fsp3) is 0.611. The van der Waals surface area contributed by atoms with Crippen LogP contribution in [0.2, 0.25) is 0 Å². The van der Waals surface area contributed by atoms with Crippen molar-refractivity contribution in [2.75, 3.05) is 13.3 Å². The molecule has 1 aromatic carbocycles. The zero-order valence-electron chi connectivity index (χ0n) is 14.1. The maximum atomic E-state index is 12.4. The first kappa shape index (κ1) is 18.0. The molecular formula is C18H27NO3S. The lowest BCUT2D eigenvalue weighted by Gasteiger charge is -2.37. The molecule has 1 amide bonds. The summed E-state index contributed by atoms with van der Waals surface area (Å²) in [6, 6.07) is 9.95. The quantitative estimate of drug-likeness (QED) is 0.802. The lowest BCUT2D eigenvalue weighted by Crippen LogP contribution is -2.49. The number of amides is 1. The predicted molar refractivity (Wildman–Crippen MR) is 93.0 cm³/mol. The van der Waals surface area contributed by atoms with E-state index < -0.39 is 15.1 Å². The van der Waals surface area contributed by atoms with Crippen molar-refractivity contribution >= 4 is 15.7 Å². The SMILES string of the molecule is CN(C(=O)CCCc1ccccc1)[C@@H]1CCCC[C@H]1S(C)(=O)=O. The first-order chi connectivity index (χ1) is 10.9. The Bertz CT molecular complexity index is 612. The van der Waals surface area contributed by atoms with Crippen LogP contribution in [-0.4, -0.2) is 43.8 Å². The minimum atomic E-state index is -3.11. The molecule has 2 atom stereocenters. The highest BCUT2D eigenvalue weighted by Crippen LogP contribution is 2.28. The summed E-state index contributed by atoms with van der Waals surface area (Å²) in [6.45, 7) is 0. The van der Waals surface area contributed by atoms with Crippen LogP contribution in [0.25, 0.3) is 0 Å². The molecule has 4 nitrogen and oxygen atoms in total. The van der Waals surface area contributed by atoms with E-state index in [1.54, 1.807) is 11.9 Å². The maximum absolute atomic E-state index is 12.4. The molecule has 0 saturated heterocycles. The van der Waals surface area contributed by atoms with E-state index in [1.807, 2.05) is 18.2 Å². The van der Waals surface area contributed by atoms with Gasteiger partial charge in [-0.25, -0.2) is 8.42 Å². The Balaban J connectivity index is 1.90. The third-order valence-corrected chi connectivity index (χ3v) is 6.46. The Morgan fingerprint density at radius 2 is 1.83 bits per heavy atom. The molecule has 1 aliphatic rings. The molecule has 0 aliphatic heterocycles. The van der Waals surface area contributed by atoms with Crippen LogP contribution in [0.5, 0.6) is 0 Å². The van der Waals surface area contributed by atoms with Crippen LogP contribution >= 0.6 is 0 Å². The number of benzene rings is 1. The zero-order valence-corrected chi connectivity index (χ0v) is 14.9. The summed E-state index contributed by atoms with van der Waals surface area (Å²) in [4.78, 5) is 14.1. The lowest BCUT2D eigenvalue weighted by atomic mass is 9.93. The number of sulfone groups is 1. The second-order valence-corrected chi connectivity index (χ2v) is 8.83. The summed E-state index contributed by atoms with van der Waals surface area (Å²) in [5.41, 5.74) is 1.23. The van der Waals surface area contributed by atoms with E-state index in [1.165, 1.54) is 11.8 Å². The summed E-state index contributed by atoms with van der Waals surface area (Å²) in [7, 11) is -1.35. The molecule has 5 heteroatoms. The topological polar surface area (TPSA) is 54.5 Å². The predicted octanol–water partition coefficient (Wildman–Crippen LogP) is 2.82. The zero-order chi connectivity index (χ0) is 16.9. The molecule has 1 aliphatic carbocycles. The Hall–Kier alpha value is -1.36. The number of hydrogen-bond acceptors (Lipinski definition) is 3. The maximum Gasteiger partial charge on any atom is 0.222 e. The first-order valence-corrected chi connectivity index (χ1v) is 10.3. The minimum Gasteiger partial charge on any atom is -0.341 e. The Kier molecular flexibility index (Phi) is 6.22. The molecule has 23 heavy (non-hydrogen) atoms. The molecule has 0 aromatic heterocycles. The van der Waals surface area contributed by atoms with Crippen LogP contribution in [0.4, 0.5) is 0 Å². The average Bonchev–Trinajstić information content (AvgIpc) is 2.54. The fourth-order valence-corrected chi connectivity index (χ4v) is 4.95. The number of nitrogens with zero attached hydrogens (tertiary/aromatic N) is 1. The van der Waals surface area contributed by atoms with Gasteiger partial charge in [0.25, 0.3) is 0 Å². The van der Waals surface area contributed by atoms with Gasteiger partial charge in [-0.05, 0) is 31.2 Å². The van der Waals surface area contributed by atoms with Crippen LogP contribution in [0.3, 0.4) is 0 Å². The van der Waals surface area contributed by atoms with Crippen molar-refractivity contribution in [3.8, 4) is 0 Å². The summed E-state index contributed by atoms with van der Waals surface area (Å²) < 4.78 is 24.0. The number of carbonyl (C=O) groups is 1. The molecule has 1 fully saturated rings. The summed E-state index contributed by atoms with van der Waals surface area (Å²) in [6.07, 6.45) is 6.83.